The van der Waals surface area contributed by atoms with Gasteiger partial charge in [-0.1, -0.05) is 57.6 Å². The van der Waals surface area contributed by atoms with E-state index < -0.39 is 0 Å². The Kier molecular flexibility index (Phi) is 4.33. The molecule has 0 bridgehead atoms. The molecule has 0 atom stereocenters. The molecule has 118 valence electrons. The molecule has 5 heteroatoms. The van der Waals surface area contributed by atoms with Crippen LogP contribution in [0.25, 0.3) is 10.2 Å². The maximum Gasteiger partial charge on any atom is 0.186 e. The molecule has 0 N–H and O–H groups in total. The molecule has 1 aliphatic rings. The molecule has 0 spiro atoms. The summed E-state index contributed by atoms with van der Waals surface area (Å²) in [5.41, 5.74) is 2.49. The lowest BCUT2D eigenvalue weighted by Gasteiger charge is -2.34. The van der Waals surface area contributed by atoms with E-state index in [2.05, 4.69) is 74.3 Å². The molecule has 0 amide bonds. The fraction of sp³-hybridized carbons (Fsp3) is 0.278. The summed E-state index contributed by atoms with van der Waals surface area (Å²) >= 11 is 5.33. The number of piperazine rings is 1. The third-order valence-electron chi connectivity index (χ3n) is 4.23. The largest absolute Gasteiger partial charge is 0.345 e. The maximum atomic E-state index is 4.79. The van der Waals surface area contributed by atoms with Gasteiger partial charge in [-0.3, -0.25) is 4.90 Å². The molecule has 0 unspecified atom stereocenters. The van der Waals surface area contributed by atoms with Crippen molar-refractivity contribution in [3.8, 4) is 0 Å². The van der Waals surface area contributed by atoms with Crippen molar-refractivity contribution >= 4 is 42.6 Å². The van der Waals surface area contributed by atoms with Crippen molar-refractivity contribution in [3.63, 3.8) is 0 Å². The van der Waals surface area contributed by atoms with Crippen LogP contribution in [-0.2, 0) is 6.54 Å². The first-order valence-electron chi connectivity index (χ1n) is 7.85. The number of rotatable bonds is 3. The summed E-state index contributed by atoms with van der Waals surface area (Å²) in [6.45, 7) is 5.33. The van der Waals surface area contributed by atoms with Crippen LogP contribution >= 0.6 is 27.3 Å². The van der Waals surface area contributed by atoms with E-state index in [-0.39, 0.29) is 0 Å². The molecule has 1 fully saturated rings. The van der Waals surface area contributed by atoms with Crippen LogP contribution in [0.15, 0.2) is 53.0 Å². The summed E-state index contributed by atoms with van der Waals surface area (Å²) in [6, 6.07) is 17.0. The molecule has 1 aliphatic heterocycles. The molecular formula is C18H18BrN3S. The highest BCUT2D eigenvalue weighted by molar-refractivity contribution is 9.10. The van der Waals surface area contributed by atoms with Gasteiger partial charge >= 0.3 is 0 Å². The summed E-state index contributed by atoms with van der Waals surface area (Å²) in [6.07, 6.45) is 0. The molecule has 2 heterocycles. The Labute approximate surface area is 148 Å². The van der Waals surface area contributed by atoms with Gasteiger partial charge in [0.1, 0.15) is 0 Å². The molecule has 3 nitrogen and oxygen atoms in total. The van der Waals surface area contributed by atoms with E-state index in [9.17, 15) is 0 Å². The van der Waals surface area contributed by atoms with Crippen LogP contribution in [0.2, 0.25) is 0 Å². The van der Waals surface area contributed by atoms with E-state index in [1.54, 1.807) is 11.3 Å². The Balaban J connectivity index is 1.42. The average molecular weight is 388 g/mol. The SMILES string of the molecule is Brc1ccc2nc(N3CCN(Cc4ccccc4)CC3)sc2c1. The van der Waals surface area contributed by atoms with Gasteiger partial charge in [-0.2, -0.15) is 0 Å². The number of hydrogen-bond acceptors (Lipinski definition) is 4. The highest BCUT2D eigenvalue weighted by Crippen LogP contribution is 2.31. The van der Waals surface area contributed by atoms with Gasteiger partial charge in [-0.05, 0) is 23.8 Å². The first-order chi connectivity index (χ1) is 11.3. The first-order valence-corrected chi connectivity index (χ1v) is 9.46. The quantitative estimate of drug-likeness (QED) is 0.664. The van der Waals surface area contributed by atoms with E-state index in [1.165, 1.54) is 10.3 Å². The van der Waals surface area contributed by atoms with Crippen molar-refractivity contribution in [1.29, 1.82) is 0 Å². The highest BCUT2D eigenvalue weighted by Gasteiger charge is 2.19. The van der Waals surface area contributed by atoms with Gasteiger partial charge in [0.2, 0.25) is 0 Å². The lowest BCUT2D eigenvalue weighted by molar-refractivity contribution is 0.250. The smallest absolute Gasteiger partial charge is 0.186 e. The number of thiazole rings is 1. The van der Waals surface area contributed by atoms with Gasteiger partial charge in [0.15, 0.2) is 5.13 Å². The van der Waals surface area contributed by atoms with Crippen molar-refractivity contribution in [1.82, 2.24) is 9.88 Å². The minimum Gasteiger partial charge on any atom is -0.345 e. The normalized spacial score (nSPS) is 16.1. The number of benzene rings is 2. The van der Waals surface area contributed by atoms with Crippen molar-refractivity contribution in [3.05, 3.63) is 58.6 Å². The van der Waals surface area contributed by atoms with Crippen molar-refractivity contribution in [2.45, 2.75) is 6.54 Å². The van der Waals surface area contributed by atoms with Crippen LogP contribution in [-0.4, -0.2) is 36.1 Å². The summed E-state index contributed by atoms with van der Waals surface area (Å²) in [5, 5.41) is 1.15. The molecule has 0 aliphatic carbocycles. The zero-order valence-electron chi connectivity index (χ0n) is 12.8. The van der Waals surface area contributed by atoms with Crippen molar-refractivity contribution in [2.75, 3.05) is 31.1 Å². The van der Waals surface area contributed by atoms with E-state index in [1.807, 2.05) is 0 Å². The van der Waals surface area contributed by atoms with E-state index >= 15 is 0 Å². The minimum atomic E-state index is 1.04. The fourth-order valence-corrected chi connectivity index (χ4v) is 4.53. The van der Waals surface area contributed by atoms with Crippen LogP contribution in [0.3, 0.4) is 0 Å². The predicted molar refractivity (Wildman–Crippen MR) is 101 cm³/mol. The molecular weight excluding hydrogens is 370 g/mol. The molecule has 4 rings (SSSR count). The Morgan fingerprint density at radius 1 is 1.00 bits per heavy atom. The lowest BCUT2D eigenvalue weighted by atomic mass is 10.2. The highest BCUT2D eigenvalue weighted by atomic mass is 79.9. The Morgan fingerprint density at radius 3 is 2.57 bits per heavy atom. The summed E-state index contributed by atoms with van der Waals surface area (Å²) in [7, 11) is 0. The number of anilines is 1. The summed E-state index contributed by atoms with van der Waals surface area (Å²) in [5.74, 6) is 0. The summed E-state index contributed by atoms with van der Waals surface area (Å²) < 4.78 is 2.37. The van der Waals surface area contributed by atoms with Crippen LogP contribution in [0, 0.1) is 0 Å². The lowest BCUT2D eigenvalue weighted by Crippen LogP contribution is -2.45. The van der Waals surface area contributed by atoms with Crippen LogP contribution in [0.1, 0.15) is 5.56 Å². The topological polar surface area (TPSA) is 19.4 Å². The van der Waals surface area contributed by atoms with Crippen molar-refractivity contribution < 1.29 is 0 Å². The average Bonchev–Trinajstić information content (AvgIpc) is 2.99. The van der Waals surface area contributed by atoms with Crippen LogP contribution in [0.4, 0.5) is 5.13 Å². The van der Waals surface area contributed by atoms with Gasteiger partial charge in [0.05, 0.1) is 10.2 Å². The molecule has 1 saturated heterocycles. The summed E-state index contributed by atoms with van der Waals surface area (Å²) in [4.78, 5) is 9.73. The van der Waals surface area contributed by atoms with Crippen molar-refractivity contribution in [2.24, 2.45) is 0 Å². The Bertz CT molecular complexity index is 794. The van der Waals surface area contributed by atoms with Crippen LogP contribution in [0.5, 0.6) is 0 Å². The molecule has 1 aromatic heterocycles. The second-order valence-electron chi connectivity index (χ2n) is 5.86. The molecule has 0 radical (unpaired) electrons. The van der Waals surface area contributed by atoms with Gasteiger partial charge in [0.25, 0.3) is 0 Å². The Hall–Kier alpha value is -1.43. The van der Waals surface area contributed by atoms with E-state index in [4.69, 9.17) is 4.98 Å². The molecule has 0 saturated carbocycles. The fourth-order valence-electron chi connectivity index (χ4n) is 2.96. The van der Waals surface area contributed by atoms with E-state index in [0.717, 1.165) is 47.8 Å². The molecule has 2 aromatic carbocycles. The first kappa shape index (κ1) is 15.1. The third-order valence-corrected chi connectivity index (χ3v) is 5.80. The minimum absolute atomic E-state index is 1.04. The standard InChI is InChI=1S/C18H18BrN3S/c19-15-6-7-16-17(12-15)23-18(20-16)22-10-8-21(9-11-22)13-14-4-2-1-3-5-14/h1-7,12H,8-11,13H2. The number of nitrogens with zero attached hydrogens (tertiary/aromatic N) is 3. The van der Waals surface area contributed by atoms with Gasteiger partial charge in [0, 0.05) is 37.2 Å². The van der Waals surface area contributed by atoms with E-state index in [0.29, 0.717) is 0 Å². The number of aromatic nitrogens is 1. The van der Waals surface area contributed by atoms with Gasteiger partial charge in [-0.15, -0.1) is 0 Å². The van der Waals surface area contributed by atoms with Gasteiger partial charge in [-0.25, -0.2) is 4.98 Å². The number of fused-ring (bicyclic) bond motifs is 1. The zero-order valence-corrected chi connectivity index (χ0v) is 15.2. The monoisotopic (exact) mass is 387 g/mol. The number of hydrogen-bond donors (Lipinski definition) is 0. The molecule has 3 aromatic rings. The maximum absolute atomic E-state index is 4.79. The third kappa shape index (κ3) is 3.42. The predicted octanol–water partition coefficient (Wildman–Crippen LogP) is 4.38. The molecule has 23 heavy (non-hydrogen) atoms. The number of halogens is 1. The van der Waals surface area contributed by atoms with Crippen LogP contribution < -0.4 is 4.90 Å². The Morgan fingerprint density at radius 2 is 1.78 bits per heavy atom. The zero-order chi connectivity index (χ0) is 15.6. The van der Waals surface area contributed by atoms with Gasteiger partial charge < -0.3 is 4.90 Å². The second kappa shape index (κ2) is 6.59. The second-order valence-corrected chi connectivity index (χ2v) is 7.78.